The van der Waals surface area contributed by atoms with Gasteiger partial charge in [0, 0.05) is 11.8 Å². The van der Waals surface area contributed by atoms with E-state index in [0.29, 0.717) is 23.1 Å². The largest absolute Gasteiger partial charge is 0.493 e. The Labute approximate surface area is 111 Å². The van der Waals surface area contributed by atoms with Gasteiger partial charge in [-0.15, -0.1) is 0 Å². The van der Waals surface area contributed by atoms with Crippen LogP contribution in [0.15, 0.2) is 42.6 Å². The van der Waals surface area contributed by atoms with Crippen LogP contribution in [0.5, 0.6) is 5.75 Å². The van der Waals surface area contributed by atoms with Crippen molar-refractivity contribution >= 4 is 11.6 Å². The van der Waals surface area contributed by atoms with Crippen LogP contribution in [0.25, 0.3) is 0 Å². The minimum Gasteiger partial charge on any atom is -0.493 e. The standard InChI is InChI=1S/C14H14ClNO2/c1-2-18-12-6-4-3-5-11(12)14(17)10-7-8-16-13(15)9-10/h3-9,14,17H,2H2,1H3. The first-order chi connectivity index (χ1) is 8.72. The summed E-state index contributed by atoms with van der Waals surface area (Å²) in [5, 5.41) is 10.7. The molecule has 0 fully saturated rings. The minimum atomic E-state index is -0.770. The van der Waals surface area contributed by atoms with E-state index in [9.17, 15) is 5.11 Å². The number of hydrogen-bond acceptors (Lipinski definition) is 3. The molecule has 94 valence electrons. The predicted octanol–water partition coefficient (Wildman–Crippen LogP) is 3.22. The van der Waals surface area contributed by atoms with Crippen molar-refractivity contribution in [3.05, 3.63) is 58.9 Å². The Morgan fingerprint density at radius 1 is 1.33 bits per heavy atom. The van der Waals surface area contributed by atoms with Gasteiger partial charge < -0.3 is 9.84 Å². The topological polar surface area (TPSA) is 42.4 Å². The summed E-state index contributed by atoms with van der Waals surface area (Å²) < 4.78 is 5.50. The molecule has 0 bridgehead atoms. The lowest BCUT2D eigenvalue weighted by molar-refractivity contribution is 0.212. The van der Waals surface area contributed by atoms with Gasteiger partial charge in [0.1, 0.15) is 17.0 Å². The molecule has 0 radical (unpaired) electrons. The summed E-state index contributed by atoms with van der Waals surface area (Å²) in [7, 11) is 0. The zero-order valence-corrected chi connectivity index (χ0v) is 10.8. The molecule has 1 atom stereocenters. The number of rotatable bonds is 4. The number of ether oxygens (including phenoxy) is 1. The smallest absolute Gasteiger partial charge is 0.129 e. The van der Waals surface area contributed by atoms with Gasteiger partial charge in [-0.3, -0.25) is 0 Å². The molecule has 4 heteroatoms. The van der Waals surface area contributed by atoms with Gasteiger partial charge in [-0.1, -0.05) is 29.8 Å². The van der Waals surface area contributed by atoms with E-state index in [1.54, 1.807) is 18.3 Å². The van der Waals surface area contributed by atoms with E-state index in [-0.39, 0.29) is 0 Å². The lowest BCUT2D eigenvalue weighted by Gasteiger charge is -2.15. The Kier molecular flexibility index (Phi) is 4.18. The van der Waals surface area contributed by atoms with E-state index in [4.69, 9.17) is 16.3 Å². The van der Waals surface area contributed by atoms with Gasteiger partial charge in [0.15, 0.2) is 0 Å². The average molecular weight is 264 g/mol. The molecule has 2 rings (SSSR count). The molecule has 18 heavy (non-hydrogen) atoms. The number of benzene rings is 1. The highest BCUT2D eigenvalue weighted by Gasteiger charge is 2.15. The van der Waals surface area contributed by atoms with Crippen molar-refractivity contribution in [2.24, 2.45) is 0 Å². The van der Waals surface area contributed by atoms with Gasteiger partial charge in [-0.25, -0.2) is 4.98 Å². The van der Waals surface area contributed by atoms with Crippen LogP contribution < -0.4 is 4.74 Å². The maximum atomic E-state index is 10.4. The summed E-state index contributed by atoms with van der Waals surface area (Å²) in [6.45, 7) is 2.47. The number of hydrogen-bond donors (Lipinski definition) is 1. The zero-order valence-electron chi connectivity index (χ0n) is 10.0. The van der Waals surface area contributed by atoms with E-state index >= 15 is 0 Å². The van der Waals surface area contributed by atoms with E-state index in [1.165, 1.54) is 0 Å². The molecule has 0 aliphatic heterocycles. The van der Waals surface area contributed by atoms with Crippen molar-refractivity contribution in [2.45, 2.75) is 13.0 Å². The van der Waals surface area contributed by atoms with Crippen LogP contribution >= 0.6 is 11.6 Å². The summed E-state index contributed by atoms with van der Waals surface area (Å²) in [5.74, 6) is 0.681. The summed E-state index contributed by atoms with van der Waals surface area (Å²) in [4.78, 5) is 3.90. The molecule has 3 nitrogen and oxygen atoms in total. The molecule has 2 aromatic rings. The van der Waals surface area contributed by atoms with Crippen molar-refractivity contribution < 1.29 is 9.84 Å². The molecule has 0 saturated carbocycles. The lowest BCUT2D eigenvalue weighted by Crippen LogP contribution is -2.04. The fourth-order valence-corrected chi connectivity index (χ4v) is 1.94. The van der Waals surface area contributed by atoms with Crippen molar-refractivity contribution in [1.29, 1.82) is 0 Å². The summed E-state index contributed by atoms with van der Waals surface area (Å²) in [6, 6.07) is 10.8. The van der Waals surface area contributed by atoms with E-state index in [1.807, 2.05) is 31.2 Å². The van der Waals surface area contributed by atoms with Gasteiger partial charge >= 0.3 is 0 Å². The second-order valence-electron chi connectivity index (χ2n) is 3.79. The van der Waals surface area contributed by atoms with Gasteiger partial charge in [0.25, 0.3) is 0 Å². The molecule has 0 saturated heterocycles. The number of para-hydroxylation sites is 1. The van der Waals surface area contributed by atoms with Gasteiger partial charge in [0.2, 0.25) is 0 Å². The van der Waals surface area contributed by atoms with Gasteiger partial charge in [-0.2, -0.15) is 0 Å². The fourth-order valence-electron chi connectivity index (χ4n) is 1.76. The van der Waals surface area contributed by atoms with Crippen LogP contribution in [-0.2, 0) is 0 Å². The Morgan fingerprint density at radius 3 is 2.83 bits per heavy atom. The number of aromatic nitrogens is 1. The molecule has 1 aromatic heterocycles. The fraction of sp³-hybridized carbons (Fsp3) is 0.214. The molecule has 0 aliphatic rings. The van der Waals surface area contributed by atoms with Crippen LogP contribution in [0.2, 0.25) is 5.15 Å². The number of halogens is 1. The molecule has 0 spiro atoms. The highest BCUT2D eigenvalue weighted by molar-refractivity contribution is 6.29. The quantitative estimate of drug-likeness (QED) is 0.862. The maximum absolute atomic E-state index is 10.4. The lowest BCUT2D eigenvalue weighted by atomic mass is 10.0. The Morgan fingerprint density at radius 2 is 2.11 bits per heavy atom. The Hall–Kier alpha value is -1.58. The molecular weight excluding hydrogens is 250 g/mol. The van der Waals surface area contributed by atoms with Gasteiger partial charge in [0.05, 0.1) is 6.61 Å². The molecule has 1 heterocycles. The highest BCUT2D eigenvalue weighted by atomic mass is 35.5. The van der Waals surface area contributed by atoms with Crippen LogP contribution in [-0.4, -0.2) is 16.7 Å². The highest BCUT2D eigenvalue weighted by Crippen LogP contribution is 2.30. The van der Waals surface area contributed by atoms with Crippen molar-refractivity contribution in [2.75, 3.05) is 6.61 Å². The third-order valence-corrected chi connectivity index (χ3v) is 2.79. The van der Waals surface area contributed by atoms with E-state index < -0.39 is 6.10 Å². The summed E-state index contributed by atoms with van der Waals surface area (Å²) in [5.41, 5.74) is 1.42. The number of pyridine rings is 1. The first kappa shape index (κ1) is 12.9. The SMILES string of the molecule is CCOc1ccccc1C(O)c1ccnc(Cl)c1. The van der Waals surface area contributed by atoms with Gasteiger partial charge in [-0.05, 0) is 30.7 Å². The number of aliphatic hydroxyl groups is 1. The molecule has 1 unspecified atom stereocenters. The maximum Gasteiger partial charge on any atom is 0.129 e. The summed E-state index contributed by atoms with van der Waals surface area (Å²) in [6.07, 6.45) is 0.803. The van der Waals surface area contributed by atoms with Crippen molar-refractivity contribution in [3.8, 4) is 5.75 Å². The first-order valence-electron chi connectivity index (χ1n) is 5.73. The van der Waals surface area contributed by atoms with E-state index in [0.717, 1.165) is 5.56 Å². The monoisotopic (exact) mass is 263 g/mol. The van der Waals surface area contributed by atoms with Crippen LogP contribution in [0, 0.1) is 0 Å². The Balaban J connectivity index is 2.36. The van der Waals surface area contributed by atoms with Crippen molar-refractivity contribution in [3.63, 3.8) is 0 Å². The number of aliphatic hydroxyl groups excluding tert-OH is 1. The third kappa shape index (κ3) is 2.81. The second kappa shape index (κ2) is 5.85. The third-order valence-electron chi connectivity index (χ3n) is 2.58. The van der Waals surface area contributed by atoms with Crippen LogP contribution in [0.1, 0.15) is 24.2 Å². The molecule has 0 aliphatic carbocycles. The zero-order chi connectivity index (χ0) is 13.0. The normalized spacial score (nSPS) is 12.2. The molecule has 0 amide bonds. The minimum absolute atomic E-state index is 0.362. The first-order valence-corrected chi connectivity index (χ1v) is 6.11. The average Bonchev–Trinajstić information content (AvgIpc) is 2.39. The van der Waals surface area contributed by atoms with Crippen molar-refractivity contribution in [1.82, 2.24) is 4.98 Å². The summed E-state index contributed by atoms with van der Waals surface area (Å²) >= 11 is 5.82. The molecule has 1 N–H and O–H groups in total. The predicted molar refractivity (Wildman–Crippen MR) is 70.9 cm³/mol. The Bertz CT molecular complexity index is 531. The van der Waals surface area contributed by atoms with Crippen LogP contribution in [0.4, 0.5) is 0 Å². The molecular formula is C14H14ClNO2. The second-order valence-corrected chi connectivity index (χ2v) is 4.17. The van der Waals surface area contributed by atoms with Crippen LogP contribution in [0.3, 0.4) is 0 Å². The van der Waals surface area contributed by atoms with E-state index in [2.05, 4.69) is 4.98 Å². The molecule has 1 aromatic carbocycles. The number of nitrogens with zero attached hydrogens (tertiary/aromatic N) is 1.